The number of hydrogen-bond acceptors (Lipinski definition) is 5. The van der Waals surface area contributed by atoms with E-state index >= 15 is 0 Å². The highest BCUT2D eigenvalue weighted by molar-refractivity contribution is 7.92. The summed E-state index contributed by atoms with van der Waals surface area (Å²) in [6.07, 6.45) is 1.81. The van der Waals surface area contributed by atoms with Crippen molar-refractivity contribution in [3.8, 4) is 11.5 Å². The third-order valence-corrected chi connectivity index (χ3v) is 6.84. The van der Waals surface area contributed by atoms with Crippen LogP contribution in [0.25, 0.3) is 0 Å². The van der Waals surface area contributed by atoms with Crippen molar-refractivity contribution in [2.45, 2.75) is 32.9 Å². The number of benzene rings is 3. The van der Waals surface area contributed by atoms with Gasteiger partial charge in [0.15, 0.2) is 0 Å². The van der Waals surface area contributed by atoms with Crippen LogP contribution < -0.4 is 14.4 Å². The van der Waals surface area contributed by atoms with Gasteiger partial charge in [-0.25, -0.2) is 8.42 Å². The number of nitrogens with zero attached hydrogens (tertiary/aromatic N) is 2. The third kappa shape index (κ3) is 8.08. The average molecular weight is 524 g/mol. The van der Waals surface area contributed by atoms with E-state index in [0.29, 0.717) is 23.7 Å². The molecule has 8 nitrogen and oxygen atoms in total. The van der Waals surface area contributed by atoms with E-state index in [1.54, 1.807) is 31.2 Å². The average Bonchev–Trinajstić information content (AvgIpc) is 2.89. The number of amides is 2. The van der Waals surface area contributed by atoms with Crippen molar-refractivity contribution in [2.75, 3.05) is 23.7 Å². The molecular weight excluding hydrogens is 490 g/mol. The smallest absolute Gasteiger partial charge is 0.244 e. The lowest BCUT2D eigenvalue weighted by molar-refractivity contribution is -0.139. The van der Waals surface area contributed by atoms with Gasteiger partial charge in [-0.05, 0) is 55.3 Å². The van der Waals surface area contributed by atoms with Gasteiger partial charge in [0.05, 0.1) is 11.9 Å². The number of carbonyl (C=O) groups excluding carboxylic acids is 2. The number of nitrogens with one attached hydrogen (secondary N) is 1. The van der Waals surface area contributed by atoms with Crippen molar-refractivity contribution >= 4 is 27.5 Å². The number of rotatable bonds is 12. The monoisotopic (exact) mass is 523 g/mol. The molecule has 196 valence electrons. The first-order valence-electron chi connectivity index (χ1n) is 12.1. The summed E-state index contributed by atoms with van der Waals surface area (Å²) in [6, 6.07) is 24.2. The normalized spacial score (nSPS) is 11.9. The summed E-state index contributed by atoms with van der Waals surface area (Å²) in [4.78, 5) is 27.7. The Labute approximate surface area is 218 Å². The number of para-hydroxylation sites is 1. The maximum atomic E-state index is 13.5. The Hall–Kier alpha value is -3.85. The van der Waals surface area contributed by atoms with Crippen LogP contribution in [0.5, 0.6) is 11.5 Å². The summed E-state index contributed by atoms with van der Waals surface area (Å²) >= 11 is 0. The van der Waals surface area contributed by atoms with E-state index in [9.17, 15) is 18.0 Å². The molecule has 0 saturated carbocycles. The van der Waals surface area contributed by atoms with Gasteiger partial charge in [-0.15, -0.1) is 0 Å². The Kier molecular flexibility index (Phi) is 9.68. The Morgan fingerprint density at radius 2 is 1.46 bits per heavy atom. The number of ether oxygens (including phenoxy) is 1. The summed E-state index contributed by atoms with van der Waals surface area (Å²) in [6.45, 7) is 3.80. The molecule has 0 aliphatic heterocycles. The molecule has 0 saturated heterocycles. The summed E-state index contributed by atoms with van der Waals surface area (Å²) < 4.78 is 32.3. The molecule has 3 aromatic rings. The van der Waals surface area contributed by atoms with Gasteiger partial charge in [0.25, 0.3) is 0 Å². The largest absolute Gasteiger partial charge is 0.457 e. The molecule has 1 N–H and O–H groups in total. The Morgan fingerprint density at radius 3 is 2.03 bits per heavy atom. The van der Waals surface area contributed by atoms with Gasteiger partial charge in [-0.1, -0.05) is 55.5 Å². The van der Waals surface area contributed by atoms with Gasteiger partial charge in [-0.3, -0.25) is 13.9 Å². The summed E-state index contributed by atoms with van der Waals surface area (Å²) in [5.74, 6) is 0.399. The molecule has 1 atom stereocenters. The summed E-state index contributed by atoms with van der Waals surface area (Å²) in [5, 5.41) is 2.82. The third-order valence-electron chi connectivity index (χ3n) is 5.70. The quantitative estimate of drug-likeness (QED) is 0.384. The van der Waals surface area contributed by atoms with Gasteiger partial charge in [0.1, 0.15) is 24.1 Å². The zero-order valence-corrected chi connectivity index (χ0v) is 22.1. The maximum Gasteiger partial charge on any atom is 0.244 e. The Balaban J connectivity index is 1.83. The molecule has 0 aliphatic rings. The molecular formula is C28H33N3O5S. The molecule has 9 heteroatoms. The second kappa shape index (κ2) is 12.9. The van der Waals surface area contributed by atoms with E-state index in [1.165, 1.54) is 4.90 Å². The minimum absolute atomic E-state index is 0.168. The van der Waals surface area contributed by atoms with Gasteiger partial charge < -0.3 is 15.0 Å². The minimum Gasteiger partial charge on any atom is -0.457 e. The molecule has 0 fully saturated rings. The van der Waals surface area contributed by atoms with Crippen molar-refractivity contribution < 1.29 is 22.7 Å². The van der Waals surface area contributed by atoms with Crippen molar-refractivity contribution in [3.05, 3.63) is 90.5 Å². The van der Waals surface area contributed by atoms with Crippen LogP contribution in [0.3, 0.4) is 0 Å². The van der Waals surface area contributed by atoms with Crippen LogP contribution in [-0.2, 0) is 26.2 Å². The van der Waals surface area contributed by atoms with Crippen LogP contribution in [0.15, 0.2) is 84.9 Å². The zero-order valence-electron chi connectivity index (χ0n) is 21.3. The summed E-state index contributed by atoms with van der Waals surface area (Å²) in [7, 11) is -3.81. The minimum atomic E-state index is -3.81. The predicted molar refractivity (Wildman–Crippen MR) is 145 cm³/mol. The van der Waals surface area contributed by atoms with Crippen molar-refractivity contribution in [3.63, 3.8) is 0 Å². The Morgan fingerprint density at radius 1 is 0.892 bits per heavy atom. The van der Waals surface area contributed by atoms with Gasteiger partial charge in [0, 0.05) is 13.1 Å². The molecule has 0 spiro atoms. The maximum absolute atomic E-state index is 13.5. The van der Waals surface area contributed by atoms with Crippen molar-refractivity contribution in [1.82, 2.24) is 10.2 Å². The first-order chi connectivity index (χ1) is 17.7. The first kappa shape index (κ1) is 27.7. The van der Waals surface area contributed by atoms with E-state index < -0.39 is 28.5 Å². The molecule has 3 rings (SSSR count). The molecule has 0 heterocycles. The SMILES string of the molecule is CCCNC(=O)C(C)N(Cc1ccccc1)C(=O)CN(c1ccc(Oc2ccccc2)cc1)S(C)(=O)=O. The topological polar surface area (TPSA) is 96.0 Å². The molecule has 0 aliphatic carbocycles. The molecule has 2 amide bonds. The molecule has 0 aromatic heterocycles. The van der Waals surface area contributed by atoms with Crippen molar-refractivity contribution in [2.24, 2.45) is 0 Å². The number of sulfonamides is 1. The lowest BCUT2D eigenvalue weighted by Gasteiger charge is -2.31. The van der Waals surface area contributed by atoms with Crippen LogP contribution >= 0.6 is 0 Å². The van der Waals surface area contributed by atoms with E-state index in [0.717, 1.165) is 22.5 Å². The fourth-order valence-electron chi connectivity index (χ4n) is 3.68. The lowest BCUT2D eigenvalue weighted by atomic mass is 10.1. The highest BCUT2D eigenvalue weighted by Crippen LogP contribution is 2.26. The van der Waals surface area contributed by atoms with E-state index in [1.807, 2.05) is 67.6 Å². The molecule has 0 radical (unpaired) electrons. The van der Waals surface area contributed by atoms with Crippen LogP contribution in [0.1, 0.15) is 25.8 Å². The van der Waals surface area contributed by atoms with E-state index in [4.69, 9.17) is 4.74 Å². The highest BCUT2D eigenvalue weighted by atomic mass is 32.2. The predicted octanol–water partition coefficient (Wildman–Crippen LogP) is 4.19. The second-order valence-electron chi connectivity index (χ2n) is 8.65. The van der Waals surface area contributed by atoms with Crippen LogP contribution in [0.2, 0.25) is 0 Å². The molecule has 0 bridgehead atoms. The molecule has 37 heavy (non-hydrogen) atoms. The van der Waals surface area contributed by atoms with Crippen LogP contribution in [0.4, 0.5) is 5.69 Å². The Bertz CT molecular complexity index is 1270. The number of hydrogen-bond donors (Lipinski definition) is 1. The van der Waals surface area contributed by atoms with Gasteiger partial charge in [0.2, 0.25) is 21.8 Å². The van der Waals surface area contributed by atoms with Gasteiger partial charge in [-0.2, -0.15) is 0 Å². The van der Waals surface area contributed by atoms with Crippen LogP contribution in [0, 0.1) is 0 Å². The van der Waals surface area contributed by atoms with Gasteiger partial charge >= 0.3 is 0 Å². The highest BCUT2D eigenvalue weighted by Gasteiger charge is 2.30. The summed E-state index contributed by atoms with van der Waals surface area (Å²) in [5.41, 5.74) is 1.15. The number of anilines is 1. The fourth-order valence-corrected chi connectivity index (χ4v) is 4.53. The first-order valence-corrected chi connectivity index (χ1v) is 14.0. The number of carbonyl (C=O) groups is 2. The molecule has 1 unspecified atom stereocenters. The van der Waals surface area contributed by atoms with Crippen LogP contribution in [-0.4, -0.2) is 50.5 Å². The lowest BCUT2D eigenvalue weighted by Crippen LogP contribution is -2.51. The zero-order chi connectivity index (χ0) is 26.8. The second-order valence-corrected chi connectivity index (χ2v) is 10.6. The fraction of sp³-hybridized carbons (Fsp3) is 0.286. The van der Waals surface area contributed by atoms with Crippen molar-refractivity contribution in [1.29, 1.82) is 0 Å². The standard InChI is InChI=1S/C28H33N3O5S/c1-4-19-29-28(33)22(2)30(20-23-11-7-5-8-12-23)27(32)21-31(37(3,34)35)24-15-17-26(18-16-24)36-25-13-9-6-10-14-25/h5-18,22H,4,19-21H2,1-3H3,(H,29,33). The van der Waals surface area contributed by atoms with E-state index in [2.05, 4.69) is 5.32 Å². The van der Waals surface area contributed by atoms with E-state index in [-0.39, 0.29) is 12.5 Å². The molecule has 3 aromatic carbocycles.